The van der Waals surface area contributed by atoms with Crippen molar-refractivity contribution in [2.24, 2.45) is 5.41 Å². The van der Waals surface area contributed by atoms with E-state index in [0.717, 1.165) is 5.56 Å². The van der Waals surface area contributed by atoms with Gasteiger partial charge in [-0.25, -0.2) is 0 Å². The molecule has 0 saturated carbocycles. The number of ether oxygens (including phenoxy) is 1. The van der Waals surface area contributed by atoms with Crippen LogP contribution >= 0.6 is 0 Å². The normalized spacial score (nSPS) is 12.5. The maximum Gasteiger partial charge on any atom is 0.255 e. The Hall–Kier alpha value is -2.33. The number of carbonyl (C=O) groups is 1. The molecule has 0 bridgehead atoms. The molecule has 0 heterocycles. The Bertz CT molecular complexity index is 738. The van der Waals surface area contributed by atoms with Crippen molar-refractivity contribution in [1.82, 2.24) is 5.32 Å². The number of aliphatic hydroxyl groups is 1. The molecule has 2 N–H and O–H groups in total. The van der Waals surface area contributed by atoms with Gasteiger partial charge in [-0.15, -0.1) is 0 Å². The summed E-state index contributed by atoms with van der Waals surface area (Å²) in [5, 5.41) is 12.5. The lowest BCUT2D eigenvalue weighted by atomic mass is 9.87. The van der Waals surface area contributed by atoms with Crippen molar-refractivity contribution in [2.45, 2.75) is 46.8 Å². The molecule has 0 aromatic heterocycles. The number of aliphatic hydroxyl groups excluding tert-OH is 1. The third-order valence-corrected chi connectivity index (χ3v) is 4.18. The van der Waals surface area contributed by atoms with Gasteiger partial charge < -0.3 is 15.2 Å². The quantitative estimate of drug-likeness (QED) is 0.749. The predicted molar refractivity (Wildman–Crippen MR) is 104 cm³/mol. The molecule has 0 aliphatic rings. The van der Waals surface area contributed by atoms with Crippen LogP contribution in [0.1, 0.15) is 48.7 Å². The Labute approximate surface area is 156 Å². The maximum absolute atomic E-state index is 12.6. The van der Waals surface area contributed by atoms with Gasteiger partial charge in [0, 0.05) is 6.54 Å². The van der Waals surface area contributed by atoms with E-state index in [-0.39, 0.29) is 11.3 Å². The number of hydrogen-bond donors (Lipinski definition) is 2. The largest absolute Gasteiger partial charge is 0.488 e. The Morgan fingerprint density at radius 3 is 2.62 bits per heavy atom. The molecule has 1 atom stereocenters. The summed E-state index contributed by atoms with van der Waals surface area (Å²) in [6.45, 7) is 8.76. The van der Waals surface area contributed by atoms with Gasteiger partial charge in [0.15, 0.2) is 0 Å². The van der Waals surface area contributed by atoms with Gasteiger partial charge in [0.1, 0.15) is 12.4 Å². The minimum Gasteiger partial charge on any atom is -0.488 e. The lowest BCUT2D eigenvalue weighted by Gasteiger charge is -2.26. The van der Waals surface area contributed by atoms with Gasteiger partial charge in [0.25, 0.3) is 5.91 Å². The van der Waals surface area contributed by atoms with Crippen molar-refractivity contribution in [3.63, 3.8) is 0 Å². The van der Waals surface area contributed by atoms with Crippen LogP contribution in [0.25, 0.3) is 0 Å². The fraction of sp³-hybridized carbons (Fsp3) is 0.409. The van der Waals surface area contributed by atoms with Crippen LogP contribution in [0.3, 0.4) is 0 Å². The molecule has 0 radical (unpaired) electrons. The molecule has 2 rings (SSSR count). The summed E-state index contributed by atoms with van der Waals surface area (Å²) < 4.78 is 5.90. The van der Waals surface area contributed by atoms with Gasteiger partial charge >= 0.3 is 0 Å². The molecule has 0 fully saturated rings. The summed E-state index contributed by atoms with van der Waals surface area (Å²) >= 11 is 0. The smallest absolute Gasteiger partial charge is 0.255 e. The van der Waals surface area contributed by atoms with Crippen LogP contribution in [-0.2, 0) is 6.61 Å². The van der Waals surface area contributed by atoms with Crippen LogP contribution < -0.4 is 10.1 Å². The lowest BCUT2D eigenvalue weighted by Crippen LogP contribution is -2.35. The monoisotopic (exact) mass is 355 g/mol. The molecule has 0 aliphatic heterocycles. The highest BCUT2D eigenvalue weighted by atomic mass is 16.5. The third-order valence-electron chi connectivity index (χ3n) is 4.18. The SMILES string of the molecule is Cc1cccc(COc2ccccc2C(=O)NCC(C)(C)CC(C)O)c1. The highest BCUT2D eigenvalue weighted by Gasteiger charge is 2.22. The molecule has 0 aliphatic carbocycles. The van der Waals surface area contributed by atoms with Gasteiger partial charge in [-0.2, -0.15) is 0 Å². The number of hydrogen-bond acceptors (Lipinski definition) is 3. The van der Waals surface area contributed by atoms with Gasteiger partial charge in [-0.1, -0.05) is 55.8 Å². The first-order chi connectivity index (χ1) is 12.3. The molecular formula is C22H29NO3. The van der Waals surface area contributed by atoms with E-state index >= 15 is 0 Å². The summed E-state index contributed by atoms with van der Waals surface area (Å²) in [6.07, 6.45) is 0.227. The number of para-hydroxylation sites is 1. The molecular weight excluding hydrogens is 326 g/mol. The van der Waals surface area contributed by atoms with Crippen molar-refractivity contribution >= 4 is 5.91 Å². The van der Waals surface area contributed by atoms with E-state index in [1.54, 1.807) is 13.0 Å². The number of aryl methyl sites for hydroxylation is 1. The molecule has 4 nitrogen and oxygen atoms in total. The molecule has 4 heteroatoms. The molecule has 0 saturated heterocycles. The predicted octanol–water partition coefficient (Wildman–Crippen LogP) is 4.10. The topological polar surface area (TPSA) is 58.6 Å². The Kier molecular flexibility index (Phi) is 6.81. The van der Waals surface area contributed by atoms with Gasteiger partial charge in [-0.05, 0) is 43.4 Å². The first kappa shape index (κ1) is 20.0. The number of benzene rings is 2. The van der Waals surface area contributed by atoms with E-state index in [1.165, 1.54) is 5.56 Å². The summed E-state index contributed by atoms with van der Waals surface area (Å²) in [5.41, 5.74) is 2.59. The van der Waals surface area contributed by atoms with E-state index in [4.69, 9.17) is 4.74 Å². The fourth-order valence-corrected chi connectivity index (χ4v) is 3.03. The molecule has 2 aromatic rings. The first-order valence-electron chi connectivity index (χ1n) is 9.00. The summed E-state index contributed by atoms with van der Waals surface area (Å²) in [6, 6.07) is 15.4. The lowest BCUT2D eigenvalue weighted by molar-refractivity contribution is 0.0897. The number of amides is 1. The van der Waals surface area contributed by atoms with Crippen LogP contribution in [0.4, 0.5) is 0 Å². The average Bonchev–Trinajstić information content (AvgIpc) is 2.57. The summed E-state index contributed by atoms with van der Waals surface area (Å²) in [5.74, 6) is 0.406. The second-order valence-electron chi connectivity index (χ2n) is 7.67. The number of rotatable bonds is 8. The third kappa shape index (κ3) is 6.19. The van der Waals surface area contributed by atoms with Gasteiger partial charge in [0.2, 0.25) is 0 Å². The molecule has 1 amide bonds. The zero-order chi connectivity index (χ0) is 19.2. The average molecular weight is 355 g/mol. The van der Waals surface area contributed by atoms with Gasteiger partial charge in [0.05, 0.1) is 11.7 Å². The van der Waals surface area contributed by atoms with E-state index in [9.17, 15) is 9.90 Å². The second kappa shape index (κ2) is 8.86. The van der Waals surface area contributed by atoms with Crippen LogP contribution in [0.2, 0.25) is 0 Å². The molecule has 26 heavy (non-hydrogen) atoms. The van der Waals surface area contributed by atoms with Crippen LogP contribution in [0, 0.1) is 12.3 Å². The maximum atomic E-state index is 12.6. The Morgan fingerprint density at radius 1 is 1.19 bits per heavy atom. The first-order valence-corrected chi connectivity index (χ1v) is 9.00. The minimum absolute atomic E-state index is 0.163. The van der Waals surface area contributed by atoms with Crippen molar-refractivity contribution in [3.8, 4) is 5.75 Å². The molecule has 0 spiro atoms. The summed E-state index contributed by atoms with van der Waals surface area (Å²) in [4.78, 5) is 12.6. The van der Waals surface area contributed by atoms with Crippen molar-refractivity contribution in [1.29, 1.82) is 0 Å². The van der Waals surface area contributed by atoms with E-state index < -0.39 is 6.10 Å². The molecule has 2 aromatic carbocycles. The van der Waals surface area contributed by atoms with E-state index in [0.29, 0.717) is 30.9 Å². The Balaban J connectivity index is 2.02. The summed E-state index contributed by atoms with van der Waals surface area (Å²) in [7, 11) is 0. The van der Waals surface area contributed by atoms with Crippen LogP contribution in [0.15, 0.2) is 48.5 Å². The highest BCUT2D eigenvalue weighted by Crippen LogP contribution is 2.23. The van der Waals surface area contributed by atoms with Crippen molar-refractivity contribution in [3.05, 3.63) is 65.2 Å². The van der Waals surface area contributed by atoms with Crippen LogP contribution in [-0.4, -0.2) is 23.7 Å². The van der Waals surface area contributed by atoms with Crippen LogP contribution in [0.5, 0.6) is 5.75 Å². The Morgan fingerprint density at radius 2 is 1.92 bits per heavy atom. The van der Waals surface area contributed by atoms with E-state index in [2.05, 4.69) is 11.4 Å². The fourth-order valence-electron chi connectivity index (χ4n) is 3.03. The second-order valence-corrected chi connectivity index (χ2v) is 7.67. The minimum atomic E-state index is -0.396. The van der Waals surface area contributed by atoms with Crippen molar-refractivity contribution < 1.29 is 14.6 Å². The highest BCUT2D eigenvalue weighted by molar-refractivity contribution is 5.96. The van der Waals surface area contributed by atoms with Crippen molar-refractivity contribution in [2.75, 3.05) is 6.54 Å². The molecule has 1 unspecified atom stereocenters. The van der Waals surface area contributed by atoms with E-state index in [1.807, 2.05) is 57.2 Å². The standard InChI is InChI=1S/C22H29NO3/c1-16-8-7-9-18(12-16)14-26-20-11-6-5-10-19(20)21(25)23-15-22(3,4)13-17(2)24/h5-12,17,24H,13-15H2,1-4H3,(H,23,25). The number of nitrogens with one attached hydrogen (secondary N) is 1. The van der Waals surface area contributed by atoms with Gasteiger partial charge in [-0.3, -0.25) is 4.79 Å². The number of carbonyl (C=O) groups excluding carboxylic acids is 1. The zero-order valence-electron chi connectivity index (χ0n) is 16.1. The molecule has 140 valence electrons. The zero-order valence-corrected chi connectivity index (χ0v) is 16.1.